The number of rotatable bonds is 22. The van der Waals surface area contributed by atoms with Crippen molar-refractivity contribution in [2.24, 2.45) is 17.8 Å². The van der Waals surface area contributed by atoms with Crippen molar-refractivity contribution < 1.29 is 42.1 Å². The van der Waals surface area contributed by atoms with Gasteiger partial charge in [0, 0.05) is 91.5 Å². The summed E-state index contributed by atoms with van der Waals surface area (Å²) in [6.45, 7) is 16.1. The lowest BCUT2D eigenvalue weighted by Gasteiger charge is -2.28. The molecule has 4 aromatic heterocycles. The van der Waals surface area contributed by atoms with Gasteiger partial charge in [-0.1, -0.05) is 94.0 Å². The summed E-state index contributed by atoms with van der Waals surface area (Å²) in [5.74, 6) is 3.62. The van der Waals surface area contributed by atoms with Gasteiger partial charge in [0.15, 0.2) is 17.3 Å². The Hall–Kier alpha value is -9.27. The molecule has 4 fully saturated rings. The minimum Gasteiger partial charge on any atom is -0.490 e. The maximum Gasteiger partial charge on any atom is 0.181 e. The van der Waals surface area contributed by atoms with E-state index in [1.165, 1.54) is 30.2 Å². The number of hydrogen-bond donors (Lipinski definition) is 0. The number of pyridine rings is 3. The summed E-state index contributed by atoms with van der Waals surface area (Å²) in [7, 11) is 0. The molecule has 16 nitrogen and oxygen atoms in total. The highest BCUT2D eigenvalue weighted by molar-refractivity contribution is 6.33. The molecule has 0 aliphatic heterocycles. The molecular formula is C88H95Cl4F2N9O7. The molecule has 22 heteroatoms. The van der Waals surface area contributed by atoms with E-state index in [-0.39, 0.29) is 71.0 Å². The Morgan fingerprint density at radius 1 is 0.445 bits per heavy atom. The molecule has 4 saturated carbocycles. The van der Waals surface area contributed by atoms with E-state index in [9.17, 15) is 23.2 Å². The SMILES string of the molecule is CC(C)c1cc(F)c(C(=O)CC2CCC(Oc3ccc(C#N)c(Cl)c3)CC2)cn1.CC(C)c1ccc(C(=O)CC2CCC(Oc3ccc(C#N)c(Cl)c3)CC2)nc1.CC(C)c1ncc(C(=O)CC2CCC(Oc3ccc(C#N)c(Cl)c3)CC2)cc1F.CC(C)n1ccc(C2CCC(Oc3ccc(C#N)c(Cl)c3)CC2)n1. The average Bonchev–Trinajstić information content (AvgIpc) is 0.957. The molecule has 576 valence electrons. The lowest BCUT2D eigenvalue weighted by Crippen LogP contribution is -2.25. The van der Waals surface area contributed by atoms with Crippen LogP contribution >= 0.6 is 46.4 Å². The lowest BCUT2D eigenvalue weighted by atomic mass is 9.83. The average molecular weight is 1570 g/mol. The molecule has 8 aromatic rings. The normalized spacial score (nSPS) is 19.5. The highest BCUT2D eigenvalue weighted by Gasteiger charge is 2.31. The summed E-state index contributed by atoms with van der Waals surface area (Å²) in [5.41, 5.74) is 6.16. The Morgan fingerprint density at radius 3 is 1.19 bits per heavy atom. The Morgan fingerprint density at radius 2 is 0.855 bits per heavy atom. The number of Topliss-reactive ketones (excluding diaryl/α,β-unsaturated/α-hetero) is 3. The van der Waals surface area contributed by atoms with Crippen LogP contribution in [0.3, 0.4) is 0 Å². The molecule has 4 heterocycles. The molecule has 0 saturated heterocycles. The van der Waals surface area contributed by atoms with E-state index >= 15 is 0 Å². The standard InChI is InChI=1S/2C23H24ClFN2O2.C23H25ClN2O2.C19H22ClN3O/c1-14(2)23-21(25)10-17(13-27-23)22(28)9-15-3-6-18(7-4-15)29-19-8-5-16(12-26)20(24)11-19;1-14(2)22-11-21(25)19(13-27-22)23(28)9-15-3-6-17(7-4-15)29-18-8-5-16(12-26)20(24)10-18;1-15(2)18-6-10-22(26-14-18)23(27)11-16-3-7-19(8-4-16)28-20-9-5-17(13-25)21(24)12-20;1-13(2)23-10-9-19(22-23)14-3-6-16(7-4-14)24-17-8-5-15(12-21)18(20)11-17/h5,8,10-11,13-15,18H,3-4,6-7,9H2,1-2H3;5,8,10-11,13-15,17H,3-4,6-7,9H2,1-2H3;5-6,9-10,12,14-16,19H,3-4,7-8,11H2,1-2H3;5,8-11,13-14,16H,3-4,6-7H2,1-2H3. The molecule has 4 aliphatic carbocycles. The molecule has 0 N–H and O–H groups in total. The van der Waals surface area contributed by atoms with Gasteiger partial charge < -0.3 is 18.9 Å². The van der Waals surface area contributed by atoms with Crippen LogP contribution in [0, 0.1) is 74.7 Å². The second kappa shape index (κ2) is 41.1. The first-order valence-electron chi connectivity index (χ1n) is 38.1. The van der Waals surface area contributed by atoms with Crippen LogP contribution in [0.2, 0.25) is 20.1 Å². The number of benzene rings is 4. The van der Waals surface area contributed by atoms with Crippen molar-refractivity contribution >= 4 is 63.8 Å². The smallest absolute Gasteiger partial charge is 0.181 e. The van der Waals surface area contributed by atoms with E-state index in [0.717, 1.165) is 114 Å². The summed E-state index contributed by atoms with van der Waals surface area (Å²) in [4.78, 5) is 50.3. The molecule has 110 heavy (non-hydrogen) atoms. The number of aromatic nitrogens is 5. The van der Waals surface area contributed by atoms with Crippen LogP contribution in [0.4, 0.5) is 8.78 Å². The molecule has 0 spiro atoms. The van der Waals surface area contributed by atoms with Gasteiger partial charge in [0.25, 0.3) is 0 Å². The van der Waals surface area contributed by atoms with Crippen LogP contribution in [0.5, 0.6) is 23.0 Å². The number of carbonyl (C=O) groups is 3. The van der Waals surface area contributed by atoms with Gasteiger partial charge in [0.2, 0.25) is 0 Å². The number of ether oxygens (including phenoxy) is 4. The van der Waals surface area contributed by atoms with Crippen molar-refractivity contribution in [2.75, 3.05) is 0 Å². The van der Waals surface area contributed by atoms with Crippen molar-refractivity contribution in [1.29, 1.82) is 21.0 Å². The zero-order valence-electron chi connectivity index (χ0n) is 63.6. The Bertz CT molecular complexity index is 4630. The van der Waals surface area contributed by atoms with E-state index in [4.69, 9.17) is 91.5 Å². The maximum atomic E-state index is 14.3. The van der Waals surface area contributed by atoms with Gasteiger partial charge in [-0.2, -0.15) is 26.1 Å². The van der Waals surface area contributed by atoms with Gasteiger partial charge in [-0.05, 0) is 230 Å². The summed E-state index contributed by atoms with van der Waals surface area (Å²) in [5, 5.41) is 42.1. The molecule has 4 aromatic carbocycles. The summed E-state index contributed by atoms with van der Waals surface area (Å²) < 4.78 is 54.5. The van der Waals surface area contributed by atoms with Crippen LogP contribution < -0.4 is 18.9 Å². The molecule has 0 bridgehead atoms. The highest BCUT2D eigenvalue weighted by atomic mass is 35.5. The number of hydrogen-bond acceptors (Lipinski definition) is 15. The number of nitrogens with zero attached hydrogens (tertiary/aromatic N) is 9. The number of carbonyl (C=O) groups excluding carboxylic acids is 3. The Balaban J connectivity index is 0.000000169. The molecule has 4 aliphatic rings. The third-order valence-corrected chi connectivity index (χ3v) is 22.0. The van der Waals surface area contributed by atoms with Gasteiger partial charge in [-0.25, -0.2) is 8.78 Å². The quantitative estimate of drug-likeness (QED) is 0.0573. The summed E-state index contributed by atoms with van der Waals surface area (Å²) >= 11 is 24.2. The fourth-order valence-corrected chi connectivity index (χ4v) is 15.0. The number of halogens is 6. The van der Waals surface area contributed by atoms with Crippen LogP contribution in [0.25, 0.3) is 0 Å². The van der Waals surface area contributed by atoms with Gasteiger partial charge in [0.1, 0.15) is 64.6 Å². The first-order chi connectivity index (χ1) is 52.8. The van der Waals surface area contributed by atoms with Gasteiger partial charge >= 0.3 is 0 Å². The number of nitriles is 4. The van der Waals surface area contributed by atoms with E-state index in [2.05, 4.69) is 61.0 Å². The number of ketones is 3. The van der Waals surface area contributed by atoms with Crippen LogP contribution in [0.15, 0.2) is 128 Å². The van der Waals surface area contributed by atoms with Crippen molar-refractivity contribution in [1.82, 2.24) is 24.7 Å². The van der Waals surface area contributed by atoms with E-state index in [1.54, 1.807) is 66.7 Å². The van der Waals surface area contributed by atoms with E-state index < -0.39 is 11.6 Å². The maximum absolute atomic E-state index is 14.3. The Labute approximate surface area is 665 Å². The third-order valence-electron chi connectivity index (χ3n) is 20.8. The second-order valence-electron chi connectivity index (χ2n) is 30.2. The van der Waals surface area contributed by atoms with Crippen LogP contribution in [-0.2, 0) is 0 Å². The summed E-state index contributed by atoms with van der Waals surface area (Å²) in [6.07, 6.45) is 23.2. The second-order valence-corrected chi connectivity index (χ2v) is 31.8. The fourth-order valence-electron chi connectivity index (χ4n) is 14.1. The van der Waals surface area contributed by atoms with Crippen molar-refractivity contribution in [2.45, 2.75) is 232 Å². The first kappa shape index (κ1) is 84.7. The minimum atomic E-state index is -0.483. The predicted octanol–water partition coefficient (Wildman–Crippen LogP) is 23.2. The summed E-state index contributed by atoms with van der Waals surface area (Å²) in [6, 6.07) is 37.8. The molecule has 0 unspecified atom stereocenters. The van der Waals surface area contributed by atoms with Gasteiger partial charge in [0.05, 0.1) is 83.7 Å². The first-order valence-corrected chi connectivity index (χ1v) is 39.6. The van der Waals surface area contributed by atoms with Crippen molar-refractivity contribution in [3.05, 3.63) is 221 Å². The van der Waals surface area contributed by atoms with Crippen molar-refractivity contribution in [3.8, 4) is 47.3 Å². The van der Waals surface area contributed by atoms with E-state index in [1.807, 2.05) is 75.0 Å². The van der Waals surface area contributed by atoms with E-state index in [0.29, 0.717) is 125 Å². The van der Waals surface area contributed by atoms with Gasteiger partial charge in [-0.15, -0.1) is 0 Å². The molecular weight excluding hydrogens is 1470 g/mol. The Kier molecular flexibility index (Phi) is 31.7. The molecule has 12 rings (SSSR count). The largest absolute Gasteiger partial charge is 0.490 e. The monoisotopic (exact) mass is 1570 g/mol. The zero-order valence-corrected chi connectivity index (χ0v) is 66.7. The minimum absolute atomic E-state index is 0.0135. The fraction of sp³-hybridized carbons (Fsp3) is 0.443. The lowest BCUT2D eigenvalue weighted by molar-refractivity contribution is 0.0892. The molecule has 0 amide bonds. The topological polar surface area (TPSA) is 240 Å². The van der Waals surface area contributed by atoms with Crippen LogP contribution in [-0.4, -0.2) is 66.5 Å². The molecule has 0 atom stereocenters. The third kappa shape index (κ3) is 24.6. The highest BCUT2D eigenvalue weighted by Crippen LogP contribution is 2.38. The van der Waals surface area contributed by atoms with Crippen molar-refractivity contribution in [3.63, 3.8) is 0 Å². The molecule has 0 radical (unpaired) electrons. The predicted molar refractivity (Wildman–Crippen MR) is 424 cm³/mol. The zero-order chi connectivity index (χ0) is 79.1. The van der Waals surface area contributed by atoms with Gasteiger partial charge in [-0.3, -0.25) is 34.0 Å². The van der Waals surface area contributed by atoms with Crippen LogP contribution in [0.1, 0.15) is 283 Å².